The Morgan fingerprint density at radius 2 is 1.96 bits per heavy atom. The number of nitriles is 1. The van der Waals surface area contributed by atoms with E-state index in [1.54, 1.807) is 6.07 Å². The van der Waals surface area contributed by atoms with Crippen LogP contribution in [0.25, 0.3) is 0 Å². The molecule has 0 aromatic heterocycles. The van der Waals surface area contributed by atoms with Gasteiger partial charge in [-0.2, -0.15) is 5.26 Å². The third kappa shape index (κ3) is 5.79. The number of hydrogen-bond acceptors (Lipinski definition) is 7. The molecule has 0 saturated carbocycles. The summed E-state index contributed by atoms with van der Waals surface area (Å²) >= 11 is 0. The van der Waals surface area contributed by atoms with Crippen LogP contribution >= 0.6 is 0 Å². The van der Waals surface area contributed by atoms with Crippen LogP contribution in [0.4, 0.5) is 5.69 Å². The number of nitrogens with one attached hydrogen (secondary N) is 1. The monoisotopic (exact) mass is 393 g/mol. The molecule has 1 atom stereocenters. The molecular formula is C17H19N3O6S. The van der Waals surface area contributed by atoms with E-state index < -0.39 is 40.3 Å². The molecule has 27 heavy (non-hydrogen) atoms. The van der Waals surface area contributed by atoms with E-state index in [9.17, 15) is 22.8 Å². The van der Waals surface area contributed by atoms with Gasteiger partial charge in [0.05, 0.1) is 23.1 Å². The maximum absolute atomic E-state index is 12.1. The van der Waals surface area contributed by atoms with Crippen molar-refractivity contribution in [2.45, 2.75) is 18.9 Å². The smallest absolute Gasteiger partial charge is 0.338 e. The summed E-state index contributed by atoms with van der Waals surface area (Å²) in [5, 5.41) is 10.9. The van der Waals surface area contributed by atoms with Crippen molar-refractivity contribution < 1.29 is 27.5 Å². The number of sulfone groups is 1. The molecule has 10 heteroatoms. The first-order valence-corrected chi connectivity index (χ1v) is 9.94. The number of benzene rings is 1. The summed E-state index contributed by atoms with van der Waals surface area (Å²) in [4.78, 5) is 36.7. The van der Waals surface area contributed by atoms with Crippen LogP contribution < -0.4 is 5.32 Å². The van der Waals surface area contributed by atoms with Crippen LogP contribution in [0.3, 0.4) is 0 Å². The van der Waals surface area contributed by atoms with Crippen molar-refractivity contribution in [2.75, 3.05) is 30.5 Å². The highest BCUT2D eigenvalue weighted by molar-refractivity contribution is 7.91. The van der Waals surface area contributed by atoms with Crippen LogP contribution in [-0.4, -0.2) is 62.3 Å². The Bertz CT molecular complexity index is 873. The largest absolute Gasteiger partial charge is 0.452 e. The van der Waals surface area contributed by atoms with Gasteiger partial charge in [-0.25, -0.2) is 13.2 Å². The van der Waals surface area contributed by atoms with Gasteiger partial charge in [0.2, 0.25) is 5.91 Å². The Kier molecular flexibility index (Phi) is 6.52. The van der Waals surface area contributed by atoms with Gasteiger partial charge in [0.15, 0.2) is 16.4 Å². The molecule has 2 amide bonds. The molecule has 2 rings (SSSR count). The van der Waals surface area contributed by atoms with Crippen LogP contribution in [-0.2, 0) is 24.2 Å². The van der Waals surface area contributed by atoms with Gasteiger partial charge in [-0.15, -0.1) is 0 Å². The minimum Gasteiger partial charge on any atom is -0.452 e. The summed E-state index contributed by atoms with van der Waals surface area (Å²) < 4.78 is 27.9. The van der Waals surface area contributed by atoms with Crippen LogP contribution in [0.2, 0.25) is 0 Å². The van der Waals surface area contributed by atoms with Gasteiger partial charge in [-0.05, 0) is 30.7 Å². The molecule has 1 aromatic carbocycles. The average molecular weight is 393 g/mol. The molecule has 0 aliphatic carbocycles. The first kappa shape index (κ1) is 20.4. The highest BCUT2D eigenvalue weighted by atomic mass is 32.2. The van der Waals surface area contributed by atoms with E-state index in [2.05, 4.69) is 5.32 Å². The molecule has 1 saturated heterocycles. The van der Waals surface area contributed by atoms with E-state index >= 15 is 0 Å². The summed E-state index contributed by atoms with van der Waals surface area (Å²) in [7, 11) is -1.63. The van der Waals surface area contributed by atoms with E-state index in [-0.39, 0.29) is 23.5 Å². The second-order valence-electron chi connectivity index (χ2n) is 6.10. The van der Waals surface area contributed by atoms with Crippen LogP contribution in [0.5, 0.6) is 0 Å². The molecular weight excluding hydrogens is 374 g/mol. The quantitative estimate of drug-likeness (QED) is 0.689. The molecule has 144 valence electrons. The van der Waals surface area contributed by atoms with Crippen molar-refractivity contribution in [3.8, 4) is 6.07 Å². The van der Waals surface area contributed by atoms with Crippen molar-refractivity contribution in [1.29, 1.82) is 5.26 Å². The average Bonchev–Trinajstić information content (AvgIpc) is 2.99. The number of amides is 2. The van der Waals surface area contributed by atoms with Crippen molar-refractivity contribution in [3.05, 3.63) is 29.8 Å². The highest BCUT2D eigenvalue weighted by Crippen LogP contribution is 2.17. The van der Waals surface area contributed by atoms with E-state index in [0.29, 0.717) is 12.1 Å². The van der Waals surface area contributed by atoms with E-state index in [0.717, 1.165) is 0 Å². The van der Waals surface area contributed by atoms with E-state index in [1.807, 2.05) is 0 Å². The Labute approximate surface area is 156 Å². The molecule has 1 aliphatic heterocycles. The second-order valence-corrected chi connectivity index (χ2v) is 8.33. The molecule has 0 bridgehead atoms. The highest BCUT2D eigenvalue weighted by Gasteiger charge is 2.32. The zero-order valence-corrected chi connectivity index (χ0v) is 15.5. The number of ether oxygens (including phenoxy) is 1. The fourth-order valence-corrected chi connectivity index (χ4v) is 4.34. The molecule has 0 radical (unpaired) electrons. The standard InChI is InChI=1S/C17H19N3O6S/c1-20(14-7-9-27(24,25)11-14)16(22)10-26-17(23)12-2-4-13(5-3-12)19-15(21)6-8-18/h2-5,14H,6-7,9-11H2,1H3,(H,19,21)/t14-/m1/s1. The van der Waals surface area contributed by atoms with Crippen LogP contribution in [0, 0.1) is 11.3 Å². The van der Waals surface area contributed by atoms with Gasteiger partial charge >= 0.3 is 5.97 Å². The molecule has 1 heterocycles. The predicted octanol–water partition coefficient (Wildman–Crippen LogP) is 0.341. The second kappa shape index (κ2) is 8.64. The Morgan fingerprint density at radius 3 is 2.52 bits per heavy atom. The summed E-state index contributed by atoms with van der Waals surface area (Å²) in [6, 6.07) is 7.11. The number of nitrogens with zero attached hydrogens (tertiary/aromatic N) is 2. The lowest BCUT2D eigenvalue weighted by Gasteiger charge is -2.23. The van der Waals surface area contributed by atoms with Crippen LogP contribution in [0.15, 0.2) is 24.3 Å². The minimum atomic E-state index is -3.11. The third-order valence-corrected chi connectivity index (χ3v) is 5.87. The first-order chi connectivity index (χ1) is 12.7. The number of likely N-dealkylation sites (N-methyl/N-ethyl adjacent to an activating group) is 1. The van der Waals surface area contributed by atoms with Crippen LogP contribution in [0.1, 0.15) is 23.2 Å². The fourth-order valence-electron chi connectivity index (χ4n) is 2.56. The fraction of sp³-hybridized carbons (Fsp3) is 0.412. The Morgan fingerprint density at radius 1 is 1.30 bits per heavy atom. The SMILES string of the molecule is CN(C(=O)COC(=O)c1ccc(NC(=O)CC#N)cc1)[C@@H]1CCS(=O)(=O)C1. The Hall–Kier alpha value is -2.93. The lowest BCUT2D eigenvalue weighted by molar-refractivity contribution is -0.134. The van der Waals surface area contributed by atoms with Gasteiger partial charge in [0.1, 0.15) is 6.42 Å². The van der Waals surface area contributed by atoms with E-state index in [4.69, 9.17) is 10.00 Å². The molecule has 0 spiro atoms. The topological polar surface area (TPSA) is 134 Å². The van der Waals surface area contributed by atoms with Gasteiger partial charge in [0.25, 0.3) is 5.91 Å². The van der Waals surface area contributed by atoms with Gasteiger partial charge in [0, 0.05) is 18.8 Å². The maximum atomic E-state index is 12.1. The van der Waals surface area contributed by atoms with Crippen molar-refractivity contribution in [1.82, 2.24) is 4.90 Å². The lowest BCUT2D eigenvalue weighted by Crippen LogP contribution is -2.40. The van der Waals surface area contributed by atoms with E-state index in [1.165, 1.54) is 36.2 Å². The minimum absolute atomic E-state index is 0.0479. The number of hydrogen-bond donors (Lipinski definition) is 1. The molecule has 1 aromatic rings. The van der Waals surface area contributed by atoms with Gasteiger partial charge in [-0.3, -0.25) is 9.59 Å². The molecule has 9 nitrogen and oxygen atoms in total. The zero-order chi connectivity index (χ0) is 20.0. The van der Waals surface area contributed by atoms with Crippen molar-refractivity contribution >= 4 is 33.3 Å². The summed E-state index contributed by atoms with van der Waals surface area (Å²) in [5.74, 6) is -1.69. The van der Waals surface area contributed by atoms with Gasteiger partial charge in [-0.1, -0.05) is 0 Å². The number of carbonyl (C=O) groups excluding carboxylic acids is 3. The zero-order valence-electron chi connectivity index (χ0n) is 14.7. The third-order valence-electron chi connectivity index (χ3n) is 4.12. The molecule has 1 aliphatic rings. The van der Waals surface area contributed by atoms with Crippen molar-refractivity contribution in [3.63, 3.8) is 0 Å². The maximum Gasteiger partial charge on any atom is 0.338 e. The lowest BCUT2D eigenvalue weighted by atomic mass is 10.2. The molecule has 0 unspecified atom stereocenters. The predicted molar refractivity (Wildman–Crippen MR) is 95.4 cm³/mol. The first-order valence-electron chi connectivity index (χ1n) is 8.12. The summed E-state index contributed by atoms with van der Waals surface area (Å²) in [6.45, 7) is -0.494. The molecule has 1 N–H and O–H groups in total. The number of rotatable bonds is 6. The molecule has 1 fully saturated rings. The van der Waals surface area contributed by atoms with Crippen molar-refractivity contribution in [2.24, 2.45) is 0 Å². The summed E-state index contributed by atoms with van der Waals surface area (Å²) in [5.41, 5.74) is 0.609. The number of anilines is 1. The Balaban J connectivity index is 1.85. The normalized spacial score (nSPS) is 17.6. The summed E-state index contributed by atoms with van der Waals surface area (Å²) in [6.07, 6.45) is 0.0964. The number of carbonyl (C=O) groups is 3. The van der Waals surface area contributed by atoms with Gasteiger partial charge < -0.3 is 15.0 Å². The number of esters is 1.